The van der Waals surface area contributed by atoms with Crippen LogP contribution in [0.2, 0.25) is 0 Å². The average molecular weight is 311 g/mol. The molecule has 0 saturated heterocycles. The summed E-state index contributed by atoms with van der Waals surface area (Å²) in [4.78, 5) is 15.8. The molecule has 2 N–H and O–H groups in total. The molecule has 92 valence electrons. The molecule has 6 heteroatoms. The van der Waals surface area contributed by atoms with Crippen LogP contribution in [0.4, 0.5) is 10.1 Å². The van der Waals surface area contributed by atoms with Gasteiger partial charge in [-0.1, -0.05) is 6.07 Å². The minimum absolute atomic E-state index is 0.206. The Balaban J connectivity index is 2.18. The van der Waals surface area contributed by atoms with Crippen LogP contribution in [-0.2, 0) is 0 Å². The third kappa shape index (κ3) is 2.84. The number of hydrogen-bond donors (Lipinski definition) is 2. The summed E-state index contributed by atoms with van der Waals surface area (Å²) in [6, 6.07) is 8.50. The summed E-state index contributed by atoms with van der Waals surface area (Å²) in [5.41, 5.74) is 0.454. The molecule has 0 fully saturated rings. The van der Waals surface area contributed by atoms with Crippen LogP contribution < -0.4 is 5.32 Å². The Kier molecular flexibility index (Phi) is 3.57. The van der Waals surface area contributed by atoms with Gasteiger partial charge >= 0.3 is 0 Å². The van der Waals surface area contributed by atoms with Crippen molar-refractivity contribution in [3.05, 3.63) is 52.5 Å². The van der Waals surface area contributed by atoms with E-state index in [0.29, 0.717) is 4.60 Å². The van der Waals surface area contributed by atoms with Gasteiger partial charge in [-0.25, -0.2) is 9.37 Å². The number of carbonyl (C=O) groups is 1. The molecule has 0 spiro atoms. The zero-order chi connectivity index (χ0) is 13.1. The van der Waals surface area contributed by atoms with E-state index >= 15 is 0 Å². The Labute approximate surface area is 111 Å². The lowest BCUT2D eigenvalue weighted by Gasteiger charge is -2.05. The number of nitrogens with one attached hydrogen (secondary N) is 1. The van der Waals surface area contributed by atoms with E-state index in [0.717, 1.165) is 6.07 Å². The maximum Gasteiger partial charge on any atom is 0.274 e. The number of benzene rings is 1. The highest BCUT2D eigenvalue weighted by Gasteiger charge is 2.09. The highest BCUT2D eigenvalue weighted by atomic mass is 79.9. The molecule has 1 amide bonds. The van der Waals surface area contributed by atoms with E-state index < -0.39 is 17.5 Å². The number of amides is 1. The van der Waals surface area contributed by atoms with E-state index in [1.54, 1.807) is 12.1 Å². The van der Waals surface area contributed by atoms with E-state index in [1.165, 1.54) is 18.2 Å². The largest absolute Gasteiger partial charge is 0.505 e. The van der Waals surface area contributed by atoms with Crippen molar-refractivity contribution in [2.45, 2.75) is 0 Å². The molecular formula is C12H8BrFN2O2. The van der Waals surface area contributed by atoms with Gasteiger partial charge in [0.1, 0.15) is 10.3 Å². The first kappa shape index (κ1) is 12.5. The van der Waals surface area contributed by atoms with Crippen LogP contribution in [0.5, 0.6) is 5.75 Å². The summed E-state index contributed by atoms with van der Waals surface area (Å²) >= 11 is 3.15. The molecule has 1 aromatic heterocycles. The van der Waals surface area contributed by atoms with Crippen LogP contribution in [0.3, 0.4) is 0 Å². The smallest absolute Gasteiger partial charge is 0.274 e. The Bertz CT molecular complexity index is 604. The first-order chi connectivity index (χ1) is 8.56. The second-order valence-corrected chi connectivity index (χ2v) is 4.28. The fourth-order valence-electron chi connectivity index (χ4n) is 1.31. The number of anilines is 1. The van der Waals surface area contributed by atoms with Crippen molar-refractivity contribution in [3.63, 3.8) is 0 Å². The quantitative estimate of drug-likeness (QED) is 0.662. The number of nitrogens with zero attached hydrogens (tertiary/aromatic N) is 1. The zero-order valence-corrected chi connectivity index (χ0v) is 10.6. The Hall–Kier alpha value is -1.95. The molecule has 1 aromatic carbocycles. The van der Waals surface area contributed by atoms with Crippen molar-refractivity contribution < 1.29 is 14.3 Å². The number of halogens is 2. The lowest BCUT2D eigenvalue weighted by atomic mass is 10.2. The topological polar surface area (TPSA) is 62.2 Å². The summed E-state index contributed by atoms with van der Waals surface area (Å²) in [6.07, 6.45) is 0. The van der Waals surface area contributed by atoms with Gasteiger partial charge in [0, 0.05) is 11.8 Å². The Morgan fingerprint density at radius 3 is 2.78 bits per heavy atom. The summed E-state index contributed by atoms with van der Waals surface area (Å²) in [7, 11) is 0. The van der Waals surface area contributed by atoms with Crippen molar-refractivity contribution in [1.82, 2.24) is 4.98 Å². The first-order valence-corrected chi connectivity index (χ1v) is 5.78. The molecule has 1 heterocycles. The van der Waals surface area contributed by atoms with Crippen LogP contribution in [0.25, 0.3) is 0 Å². The number of hydrogen-bond acceptors (Lipinski definition) is 3. The van der Waals surface area contributed by atoms with Crippen LogP contribution in [0, 0.1) is 5.82 Å². The molecule has 2 aromatic rings. The van der Waals surface area contributed by atoms with Crippen LogP contribution in [-0.4, -0.2) is 16.0 Å². The van der Waals surface area contributed by atoms with Gasteiger partial charge in [0.15, 0.2) is 11.6 Å². The van der Waals surface area contributed by atoms with Gasteiger partial charge in [-0.2, -0.15) is 0 Å². The molecule has 0 saturated carbocycles. The van der Waals surface area contributed by atoms with Gasteiger partial charge in [0.2, 0.25) is 0 Å². The Morgan fingerprint density at radius 1 is 1.33 bits per heavy atom. The second kappa shape index (κ2) is 5.14. The lowest BCUT2D eigenvalue weighted by molar-refractivity contribution is 0.102. The predicted molar refractivity (Wildman–Crippen MR) is 68.0 cm³/mol. The van der Waals surface area contributed by atoms with Crippen LogP contribution in [0.1, 0.15) is 10.5 Å². The molecule has 0 radical (unpaired) electrons. The summed E-state index contributed by atoms with van der Waals surface area (Å²) in [5, 5.41) is 11.5. The summed E-state index contributed by atoms with van der Waals surface area (Å²) in [6.45, 7) is 0. The van der Waals surface area contributed by atoms with Crippen molar-refractivity contribution in [1.29, 1.82) is 0 Å². The standard InChI is InChI=1S/C12H8BrFN2O2/c13-11-3-1-2-9(16-11)12(18)15-7-4-5-10(17)8(14)6-7/h1-6,17H,(H,15,18). The molecule has 0 aliphatic heterocycles. The number of pyridine rings is 1. The molecule has 0 bridgehead atoms. The average Bonchev–Trinajstić information content (AvgIpc) is 2.34. The number of phenolic OH excluding ortho intramolecular Hbond substituents is 1. The molecule has 18 heavy (non-hydrogen) atoms. The van der Waals surface area contributed by atoms with Crippen molar-refractivity contribution in [3.8, 4) is 5.75 Å². The molecule has 0 unspecified atom stereocenters. The highest BCUT2D eigenvalue weighted by Crippen LogP contribution is 2.19. The zero-order valence-electron chi connectivity index (χ0n) is 9.02. The van der Waals surface area contributed by atoms with Crippen LogP contribution >= 0.6 is 15.9 Å². The molecule has 0 aliphatic carbocycles. The van der Waals surface area contributed by atoms with E-state index in [9.17, 15) is 9.18 Å². The molecule has 0 atom stereocenters. The molecule has 2 rings (SSSR count). The van der Waals surface area contributed by atoms with Gasteiger partial charge in [0.05, 0.1) is 0 Å². The van der Waals surface area contributed by atoms with Gasteiger partial charge in [0.25, 0.3) is 5.91 Å². The van der Waals surface area contributed by atoms with Gasteiger partial charge in [-0.05, 0) is 40.2 Å². The number of phenols is 1. The summed E-state index contributed by atoms with van der Waals surface area (Å²) < 4.78 is 13.6. The molecule has 4 nitrogen and oxygen atoms in total. The number of aromatic nitrogens is 1. The minimum atomic E-state index is -0.796. The van der Waals surface area contributed by atoms with E-state index in [4.69, 9.17) is 5.11 Å². The van der Waals surface area contributed by atoms with E-state index in [-0.39, 0.29) is 11.4 Å². The van der Waals surface area contributed by atoms with Crippen molar-refractivity contribution in [2.24, 2.45) is 0 Å². The number of rotatable bonds is 2. The molecular weight excluding hydrogens is 303 g/mol. The monoisotopic (exact) mass is 310 g/mol. The summed E-state index contributed by atoms with van der Waals surface area (Å²) in [5.74, 6) is -1.72. The maximum atomic E-state index is 13.1. The van der Waals surface area contributed by atoms with E-state index in [1.807, 2.05) is 0 Å². The fourth-order valence-corrected chi connectivity index (χ4v) is 1.66. The van der Waals surface area contributed by atoms with E-state index in [2.05, 4.69) is 26.2 Å². The van der Waals surface area contributed by atoms with Gasteiger partial charge in [-0.15, -0.1) is 0 Å². The SMILES string of the molecule is O=C(Nc1ccc(O)c(F)c1)c1cccc(Br)n1. The Morgan fingerprint density at radius 2 is 2.11 bits per heavy atom. The fraction of sp³-hybridized carbons (Fsp3) is 0. The normalized spacial score (nSPS) is 10.1. The number of carbonyl (C=O) groups excluding carboxylic acids is 1. The lowest BCUT2D eigenvalue weighted by Crippen LogP contribution is -2.13. The van der Waals surface area contributed by atoms with Crippen molar-refractivity contribution >= 4 is 27.5 Å². The maximum absolute atomic E-state index is 13.1. The van der Waals surface area contributed by atoms with Gasteiger partial charge in [-0.3, -0.25) is 4.79 Å². The first-order valence-electron chi connectivity index (χ1n) is 4.98. The molecule has 0 aliphatic rings. The third-order valence-corrected chi connectivity index (χ3v) is 2.59. The van der Waals surface area contributed by atoms with Gasteiger partial charge < -0.3 is 10.4 Å². The predicted octanol–water partition coefficient (Wildman–Crippen LogP) is 2.94. The number of aromatic hydroxyl groups is 1. The second-order valence-electron chi connectivity index (χ2n) is 3.47. The highest BCUT2D eigenvalue weighted by molar-refractivity contribution is 9.10. The third-order valence-electron chi connectivity index (χ3n) is 2.15. The van der Waals surface area contributed by atoms with Crippen LogP contribution in [0.15, 0.2) is 41.0 Å². The minimum Gasteiger partial charge on any atom is -0.505 e. The van der Waals surface area contributed by atoms with Crippen molar-refractivity contribution in [2.75, 3.05) is 5.32 Å².